The number of nitrogens with zero attached hydrogens (tertiary/aromatic N) is 2. The molecule has 0 rings (SSSR count). The SMILES string of the molecule is ON=CCSCC=NO. The average molecular weight is 148 g/mol. The lowest BCUT2D eigenvalue weighted by Gasteiger charge is -1.85. The van der Waals surface area contributed by atoms with E-state index in [1.54, 1.807) is 0 Å². The molecule has 0 radical (unpaired) electrons. The molecule has 0 bridgehead atoms. The molecule has 4 nitrogen and oxygen atoms in total. The molecule has 0 aromatic rings. The molecule has 0 aliphatic rings. The Morgan fingerprint density at radius 3 is 1.89 bits per heavy atom. The molecular formula is C4H8N2O2S. The Kier molecular flexibility index (Phi) is 6.71. The molecule has 0 unspecified atom stereocenters. The van der Waals surface area contributed by atoms with Crippen LogP contribution in [0.5, 0.6) is 0 Å². The van der Waals surface area contributed by atoms with E-state index in [9.17, 15) is 0 Å². The third-order valence-corrected chi connectivity index (χ3v) is 1.32. The van der Waals surface area contributed by atoms with Crippen molar-refractivity contribution >= 4 is 24.2 Å². The molecule has 0 aromatic heterocycles. The van der Waals surface area contributed by atoms with Crippen LogP contribution in [-0.2, 0) is 0 Å². The molecule has 0 saturated heterocycles. The quantitative estimate of drug-likeness (QED) is 0.266. The molecule has 0 aliphatic carbocycles. The van der Waals surface area contributed by atoms with Crippen LogP contribution in [0.3, 0.4) is 0 Å². The normalized spacial score (nSPS) is 11.6. The molecular weight excluding hydrogens is 140 g/mol. The lowest BCUT2D eigenvalue weighted by molar-refractivity contribution is 0.321. The molecule has 0 fully saturated rings. The van der Waals surface area contributed by atoms with E-state index in [4.69, 9.17) is 10.4 Å². The minimum atomic E-state index is 0.628. The number of oxime groups is 2. The maximum atomic E-state index is 7.90. The van der Waals surface area contributed by atoms with Gasteiger partial charge in [-0.15, -0.1) is 10.3 Å². The van der Waals surface area contributed by atoms with Crippen LogP contribution in [0.15, 0.2) is 10.3 Å². The Morgan fingerprint density at radius 2 is 1.56 bits per heavy atom. The second-order valence-corrected chi connectivity index (χ2v) is 2.21. The summed E-state index contributed by atoms with van der Waals surface area (Å²) >= 11 is 1.48. The van der Waals surface area contributed by atoms with Gasteiger partial charge in [0.05, 0.1) is 12.4 Å². The minimum absolute atomic E-state index is 0.628. The van der Waals surface area contributed by atoms with Crippen LogP contribution >= 0.6 is 11.8 Å². The largest absolute Gasteiger partial charge is 0.411 e. The smallest absolute Gasteiger partial charge is 0.0535 e. The Hall–Kier alpha value is -0.710. The maximum Gasteiger partial charge on any atom is 0.0535 e. The summed E-state index contributed by atoms with van der Waals surface area (Å²) in [6, 6.07) is 0. The Labute approximate surface area is 57.2 Å². The number of thioether (sulfide) groups is 1. The molecule has 0 aromatic carbocycles. The van der Waals surface area contributed by atoms with Gasteiger partial charge in [-0.2, -0.15) is 11.8 Å². The maximum absolute atomic E-state index is 7.90. The third kappa shape index (κ3) is 7.29. The molecule has 0 atom stereocenters. The second kappa shape index (κ2) is 7.29. The monoisotopic (exact) mass is 148 g/mol. The van der Waals surface area contributed by atoms with E-state index in [0.717, 1.165) is 0 Å². The topological polar surface area (TPSA) is 65.2 Å². The fourth-order valence-corrected chi connectivity index (χ4v) is 0.720. The van der Waals surface area contributed by atoms with Gasteiger partial charge in [-0.3, -0.25) is 0 Å². The van der Waals surface area contributed by atoms with E-state index in [2.05, 4.69) is 10.3 Å². The van der Waals surface area contributed by atoms with Crippen LogP contribution in [-0.4, -0.2) is 34.3 Å². The van der Waals surface area contributed by atoms with E-state index < -0.39 is 0 Å². The summed E-state index contributed by atoms with van der Waals surface area (Å²) in [7, 11) is 0. The molecule has 0 spiro atoms. The molecule has 0 aliphatic heterocycles. The van der Waals surface area contributed by atoms with Gasteiger partial charge in [0.15, 0.2) is 0 Å². The van der Waals surface area contributed by atoms with Gasteiger partial charge in [-0.05, 0) is 0 Å². The highest BCUT2D eigenvalue weighted by atomic mass is 32.2. The minimum Gasteiger partial charge on any atom is -0.411 e. The summed E-state index contributed by atoms with van der Waals surface area (Å²) < 4.78 is 0. The zero-order chi connectivity index (χ0) is 6.95. The molecule has 0 saturated carbocycles. The Morgan fingerprint density at radius 1 is 1.11 bits per heavy atom. The van der Waals surface area contributed by atoms with Crippen molar-refractivity contribution in [3.05, 3.63) is 0 Å². The van der Waals surface area contributed by atoms with Crippen molar-refractivity contribution in [3.8, 4) is 0 Å². The fraction of sp³-hybridized carbons (Fsp3) is 0.500. The predicted octanol–water partition coefficient (Wildman–Crippen LogP) is 0.640. The fourth-order valence-electron chi connectivity index (χ4n) is 0.240. The molecule has 9 heavy (non-hydrogen) atoms. The van der Waals surface area contributed by atoms with Crippen molar-refractivity contribution in [1.82, 2.24) is 0 Å². The first-order valence-electron chi connectivity index (χ1n) is 2.31. The molecule has 5 heteroatoms. The van der Waals surface area contributed by atoms with Gasteiger partial charge in [-0.1, -0.05) is 0 Å². The van der Waals surface area contributed by atoms with Crippen LogP contribution in [0.4, 0.5) is 0 Å². The predicted molar refractivity (Wildman–Crippen MR) is 37.9 cm³/mol. The van der Waals surface area contributed by atoms with Gasteiger partial charge < -0.3 is 10.4 Å². The highest BCUT2D eigenvalue weighted by Gasteiger charge is 1.79. The van der Waals surface area contributed by atoms with E-state index in [1.807, 2.05) is 0 Å². The summed E-state index contributed by atoms with van der Waals surface area (Å²) in [5.41, 5.74) is 0. The Bertz CT molecular complexity index is 92.7. The summed E-state index contributed by atoms with van der Waals surface area (Å²) in [6.45, 7) is 0. The van der Waals surface area contributed by atoms with Gasteiger partial charge >= 0.3 is 0 Å². The summed E-state index contributed by atoms with van der Waals surface area (Å²) in [4.78, 5) is 0. The lowest BCUT2D eigenvalue weighted by Crippen LogP contribution is -1.84. The highest BCUT2D eigenvalue weighted by Crippen LogP contribution is 1.92. The zero-order valence-electron chi connectivity index (χ0n) is 4.77. The number of rotatable bonds is 4. The van der Waals surface area contributed by atoms with Gasteiger partial charge in [0.1, 0.15) is 0 Å². The van der Waals surface area contributed by atoms with Crippen molar-refractivity contribution in [1.29, 1.82) is 0 Å². The van der Waals surface area contributed by atoms with Crippen molar-refractivity contribution in [2.24, 2.45) is 10.3 Å². The molecule has 2 N–H and O–H groups in total. The molecule has 0 amide bonds. The second-order valence-electron chi connectivity index (χ2n) is 1.13. The summed E-state index contributed by atoms with van der Waals surface area (Å²) in [5, 5.41) is 21.4. The van der Waals surface area contributed by atoms with E-state index in [1.165, 1.54) is 24.2 Å². The number of hydrogen-bond acceptors (Lipinski definition) is 5. The molecule has 52 valence electrons. The standard InChI is InChI=1S/C4H8N2O2S/c7-5-1-3-9-4-2-6-8/h1-2,7-8H,3-4H2. The summed E-state index contributed by atoms with van der Waals surface area (Å²) in [6.07, 6.45) is 2.74. The van der Waals surface area contributed by atoms with Crippen molar-refractivity contribution in [3.63, 3.8) is 0 Å². The van der Waals surface area contributed by atoms with Crippen molar-refractivity contribution in [2.75, 3.05) is 11.5 Å². The van der Waals surface area contributed by atoms with Gasteiger partial charge in [0, 0.05) is 11.5 Å². The van der Waals surface area contributed by atoms with E-state index >= 15 is 0 Å². The average Bonchev–Trinajstić information content (AvgIpc) is 1.89. The summed E-state index contributed by atoms with van der Waals surface area (Å²) in [5.74, 6) is 1.25. The van der Waals surface area contributed by atoms with Crippen molar-refractivity contribution < 1.29 is 10.4 Å². The van der Waals surface area contributed by atoms with Crippen LogP contribution in [0.2, 0.25) is 0 Å². The van der Waals surface area contributed by atoms with Crippen LogP contribution < -0.4 is 0 Å². The Balaban J connectivity index is 2.91. The van der Waals surface area contributed by atoms with Crippen LogP contribution in [0.25, 0.3) is 0 Å². The van der Waals surface area contributed by atoms with Crippen LogP contribution in [0, 0.1) is 0 Å². The van der Waals surface area contributed by atoms with Gasteiger partial charge in [-0.25, -0.2) is 0 Å². The third-order valence-electron chi connectivity index (χ3n) is 0.548. The van der Waals surface area contributed by atoms with E-state index in [0.29, 0.717) is 11.5 Å². The van der Waals surface area contributed by atoms with Crippen LogP contribution in [0.1, 0.15) is 0 Å². The van der Waals surface area contributed by atoms with E-state index in [-0.39, 0.29) is 0 Å². The van der Waals surface area contributed by atoms with Crippen molar-refractivity contribution in [2.45, 2.75) is 0 Å². The first-order valence-corrected chi connectivity index (χ1v) is 3.46. The highest BCUT2D eigenvalue weighted by molar-refractivity contribution is 8.00. The molecule has 0 heterocycles. The first-order chi connectivity index (χ1) is 4.41. The zero-order valence-corrected chi connectivity index (χ0v) is 5.58. The first kappa shape index (κ1) is 8.29. The lowest BCUT2D eigenvalue weighted by atomic mass is 10.9. The van der Waals surface area contributed by atoms with Gasteiger partial charge in [0.25, 0.3) is 0 Å². The van der Waals surface area contributed by atoms with Gasteiger partial charge in [0.2, 0.25) is 0 Å². The number of hydrogen-bond donors (Lipinski definition) is 2.